The van der Waals surface area contributed by atoms with Crippen molar-refractivity contribution in [3.05, 3.63) is 66.4 Å². The summed E-state index contributed by atoms with van der Waals surface area (Å²) < 4.78 is 28.1. The van der Waals surface area contributed by atoms with Crippen molar-refractivity contribution in [1.29, 1.82) is 0 Å². The number of benzene rings is 1. The number of nitrogen functional groups attached to an aromatic ring is 1. The predicted molar refractivity (Wildman–Crippen MR) is 132 cm³/mol. The number of nitrogens with one attached hydrogen (secondary N) is 1. The minimum absolute atomic E-state index is 0.0419. The third-order valence-corrected chi connectivity index (χ3v) is 7.24. The fraction of sp³-hybridized carbons (Fsp3) is 0.292. The maximum absolute atomic E-state index is 11.3. The molecule has 3 heterocycles. The van der Waals surface area contributed by atoms with E-state index in [4.69, 9.17) is 15.2 Å². The lowest BCUT2D eigenvalue weighted by molar-refractivity contribution is 0.273. The van der Waals surface area contributed by atoms with Gasteiger partial charge in [0.15, 0.2) is 5.82 Å². The van der Waals surface area contributed by atoms with Crippen molar-refractivity contribution in [2.24, 2.45) is 0 Å². The first-order chi connectivity index (χ1) is 16.8. The molecule has 0 spiro atoms. The molecule has 1 aliphatic carbocycles. The normalized spacial score (nSPS) is 14.9. The lowest BCUT2D eigenvalue weighted by Crippen LogP contribution is -2.36. The van der Waals surface area contributed by atoms with Crippen molar-refractivity contribution in [2.75, 3.05) is 29.6 Å². The van der Waals surface area contributed by atoms with E-state index in [1.54, 1.807) is 24.7 Å². The van der Waals surface area contributed by atoms with Crippen LogP contribution in [0.5, 0.6) is 0 Å². The van der Waals surface area contributed by atoms with Gasteiger partial charge >= 0.3 is 0 Å². The fourth-order valence-corrected chi connectivity index (χ4v) is 4.64. The average Bonchev–Trinajstić information content (AvgIpc) is 3.29. The topological polar surface area (TPSA) is 150 Å². The van der Waals surface area contributed by atoms with Crippen molar-refractivity contribution < 1.29 is 12.9 Å². The quantitative estimate of drug-likeness (QED) is 0.376. The Bertz CT molecular complexity index is 1410. The molecule has 0 radical (unpaired) electrons. The first kappa shape index (κ1) is 22.9. The lowest BCUT2D eigenvalue weighted by atomic mass is 9.64. The molecule has 0 unspecified atom stereocenters. The Labute approximate surface area is 203 Å². The molecule has 10 nitrogen and oxygen atoms in total. The third-order valence-electron chi connectivity index (χ3n) is 6.29. The zero-order chi connectivity index (χ0) is 24.5. The molecule has 35 heavy (non-hydrogen) atoms. The second-order valence-electron chi connectivity index (χ2n) is 8.75. The summed E-state index contributed by atoms with van der Waals surface area (Å²) in [5, 5.41) is 7.32. The zero-order valence-corrected chi connectivity index (χ0v) is 20.0. The Morgan fingerprint density at radius 2 is 1.66 bits per heavy atom. The van der Waals surface area contributed by atoms with E-state index in [2.05, 4.69) is 37.6 Å². The van der Waals surface area contributed by atoms with Crippen LogP contribution in [0.15, 0.2) is 59.5 Å². The van der Waals surface area contributed by atoms with Gasteiger partial charge in [0.2, 0.25) is 5.95 Å². The Morgan fingerprint density at radius 3 is 2.26 bits per heavy atom. The van der Waals surface area contributed by atoms with Crippen LogP contribution < -0.4 is 11.1 Å². The van der Waals surface area contributed by atoms with E-state index in [0.717, 1.165) is 36.0 Å². The molecule has 0 amide bonds. The van der Waals surface area contributed by atoms with Gasteiger partial charge in [-0.05, 0) is 36.1 Å². The number of hydrogen-bond acceptors (Lipinski definition) is 10. The highest BCUT2D eigenvalue weighted by atomic mass is 32.2. The highest BCUT2D eigenvalue weighted by molar-refractivity contribution is 7.90. The number of nitrogens with two attached hydrogens (primary N) is 1. The van der Waals surface area contributed by atoms with Gasteiger partial charge in [0.25, 0.3) is 5.89 Å². The summed E-state index contributed by atoms with van der Waals surface area (Å²) in [6.07, 6.45) is 9.24. The van der Waals surface area contributed by atoms with Crippen LogP contribution in [-0.2, 0) is 15.3 Å². The third kappa shape index (κ3) is 4.85. The number of hydrogen-bond donors (Lipinski definition) is 2. The number of aromatic nitrogens is 5. The molecule has 180 valence electrons. The summed E-state index contributed by atoms with van der Waals surface area (Å²) in [6, 6.07) is 11.9. The fourth-order valence-electron chi connectivity index (χ4n) is 4.17. The molecular weight excluding hydrogens is 466 g/mol. The van der Waals surface area contributed by atoms with Crippen LogP contribution in [0, 0.1) is 0 Å². The molecule has 3 aromatic heterocycles. The highest BCUT2D eigenvalue weighted by Gasteiger charge is 2.44. The van der Waals surface area contributed by atoms with E-state index in [1.165, 1.54) is 6.26 Å². The lowest BCUT2D eigenvalue weighted by Gasteiger charge is -2.39. The maximum Gasteiger partial charge on any atom is 0.259 e. The molecule has 1 saturated carbocycles. The Kier molecular flexibility index (Phi) is 5.93. The van der Waals surface area contributed by atoms with E-state index < -0.39 is 9.84 Å². The first-order valence-electron chi connectivity index (χ1n) is 11.2. The number of anilines is 2. The second kappa shape index (κ2) is 9.06. The van der Waals surface area contributed by atoms with Crippen molar-refractivity contribution in [2.45, 2.75) is 24.7 Å². The largest absolute Gasteiger partial charge is 0.369 e. The van der Waals surface area contributed by atoms with Crippen LogP contribution in [0.3, 0.4) is 0 Å². The van der Waals surface area contributed by atoms with Gasteiger partial charge in [0.1, 0.15) is 15.7 Å². The zero-order valence-electron chi connectivity index (χ0n) is 19.2. The number of rotatable bonds is 8. The van der Waals surface area contributed by atoms with Gasteiger partial charge in [-0.25, -0.2) is 23.4 Å². The van der Waals surface area contributed by atoms with E-state index in [0.29, 0.717) is 29.6 Å². The average molecular weight is 492 g/mol. The minimum atomic E-state index is -3.03. The molecule has 0 aliphatic heterocycles. The van der Waals surface area contributed by atoms with Crippen LogP contribution >= 0.6 is 0 Å². The van der Waals surface area contributed by atoms with Crippen LogP contribution in [0.2, 0.25) is 0 Å². The summed E-state index contributed by atoms with van der Waals surface area (Å²) in [4.78, 5) is 17.2. The van der Waals surface area contributed by atoms with Gasteiger partial charge < -0.3 is 15.6 Å². The van der Waals surface area contributed by atoms with Crippen LogP contribution in [0.1, 0.15) is 30.7 Å². The Balaban J connectivity index is 1.33. The van der Waals surface area contributed by atoms with E-state index in [-0.39, 0.29) is 17.1 Å². The van der Waals surface area contributed by atoms with Gasteiger partial charge in [-0.2, -0.15) is 4.98 Å². The van der Waals surface area contributed by atoms with Crippen LogP contribution in [-0.4, -0.2) is 52.1 Å². The molecule has 1 aliphatic rings. The van der Waals surface area contributed by atoms with Gasteiger partial charge in [0.05, 0.1) is 16.7 Å². The van der Waals surface area contributed by atoms with Gasteiger partial charge in [0, 0.05) is 37.0 Å². The maximum atomic E-state index is 11.3. The number of nitrogens with zero attached hydrogens (tertiary/aromatic N) is 5. The molecule has 1 aromatic carbocycles. The smallest absolute Gasteiger partial charge is 0.259 e. The summed E-state index contributed by atoms with van der Waals surface area (Å²) >= 11 is 0. The van der Waals surface area contributed by atoms with Crippen LogP contribution in [0.25, 0.3) is 22.6 Å². The van der Waals surface area contributed by atoms with E-state index in [9.17, 15) is 8.42 Å². The minimum Gasteiger partial charge on any atom is -0.369 e. The summed E-state index contributed by atoms with van der Waals surface area (Å²) in [5.41, 5.74) is 9.06. The predicted octanol–water partition coefficient (Wildman–Crippen LogP) is 3.10. The van der Waals surface area contributed by atoms with Gasteiger partial charge in [-0.1, -0.05) is 35.8 Å². The number of pyridine rings is 1. The molecule has 0 saturated heterocycles. The van der Waals surface area contributed by atoms with E-state index >= 15 is 0 Å². The second-order valence-corrected chi connectivity index (χ2v) is 11.0. The molecule has 3 N–H and O–H groups in total. The van der Waals surface area contributed by atoms with Crippen molar-refractivity contribution in [3.63, 3.8) is 0 Å². The van der Waals surface area contributed by atoms with Gasteiger partial charge in [-0.3, -0.25) is 0 Å². The van der Waals surface area contributed by atoms with Crippen molar-refractivity contribution in [3.8, 4) is 22.6 Å². The molecule has 4 aromatic rings. The van der Waals surface area contributed by atoms with E-state index in [1.807, 2.05) is 18.2 Å². The van der Waals surface area contributed by atoms with Crippen molar-refractivity contribution >= 4 is 21.6 Å². The summed E-state index contributed by atoms with van der Waals surface area (Å²) in [5.74, 6) is 1.94. The van der Waals surface area contributed by atoms with Crippen LogP contribution in [0.4, 0.5) is 11.8 Å². The summed E-state index contributed by atoms with van der Waals surface area (Å²) in [7, 11) is -3.03. The Hall–Kier alpha value is -3.86. The molecular formula is C24H25N7O3S. The highest BCUT2D eigenvalue weighted by Crippen LogP contribution is 2.48. The molecule has 0 bridgehead atoms. The van der Waals surface area contributed by atoms with Gasteiger partial charge in [-0.15, -0.1) is 0 Å². The SMILES string of the molecule is CS(=O)(=O)CCNc1ccc(-c2nc(C3(c4ccc(-c5cnc(N)nc5)cc4)CCC3)no2)cn1. The molecule has 11 heteroatoms. The molecule has 1 fully saturated rings. The molecule has 5 rings (SSSR count). The Morgan fingerprint density at radius 1 is 0.971 bits per heavy atom. The van der Waals surface area contributed by atoms with Crippen molar-refractivity contribution in [1.82, 2.24) is 25.1 Å². The molecule has 0 atom stereocenters. The standard InChI is InChI=1S/C24H25N7O3S/c1-35(32,33)12-11-26-20-8-5-17(13-27-20)21-30-22(31-34-21)24(9-2-10-24)19-6-3-16(4-7-19)18-14-28-23(25)29-15-18/h3-8,13-15H,2,9-12H2,1H3,(H,26,27)(H2,25,28,29). The number of sulfone groups is 1. The monoisotopic (exact) mass is 491 g/mol. The summed E-state index contributed by atoms with van der Waals surface area (Å²) in [6.45, 7) is 0.294. The first-order valence-corrected chi connectivity index (χ1v) is 13.3.